The molecule has 0 spiro atoms. The maximum atomic E-state index is 12.6. The second-order valence-electron chi connectivity index (χ2n) is 6.18. The number of hydrogen-bond acceptors (Lipinski definition) is 5. The van der Waals surface area contributed by atoms with Crippen LogP contribution in [-0.4, -0.2) is 35.7 Å². The van der Waals surface area contributed by atoms with Gasteiger partial charge in [0, 0.05) is 37.3 Å². The fraction of sp³-hybridized carbons (Fsp3) is 0.353. The molecule has 4 rings (SSSR count). The van der Waals surface area contributed by atoms with Crippen LogP contribution >= 0.6 is 11.6 Å². The first-order chi connectivity index (χ1) is 12.7. The molecule has 8 nitrogen and oxygen atoms in total. The second kappa shape index (κ2) is 6.87. The Kier molecular flexibility index (Phi) is 4.42. The van der Waals surface area contributed by atoms with Gasteiger partial charge in [0.2, 0.25) is 5.91 Å². The van der Waals surface area contributed by atoms with Crippen LogP contribution in [0.1, 0.15) is 24.7 Å². The summed E-state index contributed by atoms with van der Waals surface area (Å²) in [5.41, 5.74) is 2.06. The number of rotatable bonds is 4. The van der Waals surface area contributed by atoms with Crippen molar-refractivity contribution in [3.05, 3.63) is 47.0 Å². The Bertz CT molecular complexity index is 948. The van der Waals surface area contributed by atoms with Crippen molar-refractivity contribution in [3.8, 4) is 5.82 Å². The van der Waals surface area contributed by atoms with Gasteiger partial charge in [-0.05, 0) is 31.9 Å². The summed E-state index contributed by atoms with van der Waals surface area (Å²) in [6.45, 7) is 2.84. The molecule has 1 amide bonds. The van der Waals surface area contributed by atoms with E-state index in [1.54, 1.807) is 35.3 Å². The maximum Gasteiger partial charge on any atom is 0.229 e. The first-order valence-corrected chi connectivity index (χ1v) is 8.92. The molecule has 26 heavy (non-hydrogen) atoms. The maximum absolute atomic E-state index is 12.6. The van der Waals surface area contributed by atoms with Crippen LogP contribution in [0.5, 0.6) is 0 Å². The van der Waals surface area contributed by atoms with Crippen LogP contribution < -0.4 is 5.32 Å². The van der Waals surface area contributed by atoms with Crippen LogP contribution in [0.3, 0.4) is 0 Å². The fourth-order valence-electron chi connectivity index (χ4n) is 3.21. The Morgan fingerprint density at radius 1 is 1.42 bits per heavy atom. The van der Waals surface area contributed by atoms with Crippen molar-refractivity contribution >= 4 is 23.3 Å². The van der Waals surface area contributed by atoms with Gasteiger partial charge in [0.05, 0.1) is 16.4 Å². The number of fused-ring (bicyclic) bond motifs is 1. The first kappa shape index (κ1) is 16.7. The van der Waals surface area contributed by atoms with Gasteiger partial charge in [0.25, 0.3) is 0 Å². The summed E-state index contributed by atoms with van der Waals surface area (Å²) in [7, 11) is 0. The molecular weight excluding hydrogens is 354 g/mol. The van der Waals surface area contributed by atoms with E-state index in [9.17, 15) is 4.79 Å². The number of amides is 1. The van der Waals surface area contributed by atoms with Crippen LogP contribution in [0.15, 0.2) is 30.6 Å². The topological polar surface area (TPSA) is 90.5 Å². The molecule has 134 valence electrons. The Balaban J connectivity index is 1.45. The standard InChI is InChI=1S/C17H18ClN7O/c1-2-24-14-6-5-11(10-13(14)21-23-24)17(26)20-15-7-9-25(22-15)16-12(18)4-3-8-19-16/h3-4,7-9,11H,2,5-6,10H2,1H3,(H,20,22,26). The van der Waals surface area contributed by atoms with Crippen LogP contribution in [0.25, 0.3) is 5.82 Å². The molecule has 9 heteroatoms. The number of nitrogens with zero attached hydrogens (tertiary/aromatic N) is 6. The Morgan fingerprint density at radius 2 is 2.31 bits per heavy atom. The molecule has 3 aromatic heterocycles. The molecule has 1 atom stereocenters. The molecule has 3 heterocycles. The zero-order valence-electron chi connectivity index (χ0n) is 14.3. The molecule has 0 aromatic carbocycles. The third kappa shape index (κ3) is 3.08. The smallest absolute Gasteiger partial charge is 0.229 e. The van der Waals surface area contributed by atoms with E-state index in [1.165, 1.54) is 0 Å². The van der Waals surface area contributed by atoms with Crippen LogP contribution in [0.2, 0.25) is 5.02 Å². The lowest BCUT2D eigenvalue weighted by Gasteiger charge is -2.20. The molecule has 0 saturated carbocycles. The summed E-state index contributed by atoms with van der Waals surface area (Å²) in [6.07, 6.45) is 5.55. The van der Waals surface area contributed by atoms with Crippen molar-refractivity contribution in [2.24, 2.45) is 5.92 Å². The summed E-state index contributed by atoms with van der Waals surface area (Å²) in [5, 5.41) is 16.1. The lowest BCUT2D eigenvalue weighted by atomic mass is 9.89. The molecule has 3 aromatic rings. The highest BCUT2D eigenvalue weighted by Crippen LogP contribution is 2.25. The third-order valence-corrected chi connectivity index (χ3v) is 4.85. The van der Waals surface area contributed by atoms with Gasteiger partial charge < -0.3 is 5.32 Å². The van der Waals surface area contributed by atoms with Gasteiger partial charge in [0.1, 0.15) is 0 Å². The lowest BCUT2D eigenvalue weighted by molar-refractivity contribution is -0.120. The number of carbonyl (C=O) groups excluding carboxylic acids is 1. The molecule has 0 saturated heterocycles. The molecule has 1 unspecified atom stereocenters. The van der Waals surface area contributed by atoms with E-state index < -0.39 is 0 Å². The van der Waals surface area contributed by atoms with Crippen molar-refractivity contribution in [3.63, 3.8) is 0 Å². The van der Waals surface area contributed by atoms with Crippen molar-refractivity contribution in [2.75, 3.05) is 5.32 Å². The minimum Gasteiger partial charge on any atom is -0.309 e. The van der Waals surface area contributed by atoms with Crippen molar-refractivity contribution in [1.82, 2.24) is 29.8 Å². The Labute approximate surface area is 155 Å². The van der Waals surface area contributed by atoms with Crippen molar-refractivity contribution in [1.29, 1.82) is 0 Å². The number of anilines is 1. The number of nitrogens with one attached hydrogen (secondary N) is 1. The largest absolute Gasteiger partial charge is 0.309 e. The van der Waals surface area contributed by atoms with Gasteiger partial charge in [-0.3, -0.25) is 4.79 Å². The molecule has 1 N–H and O–H groups in total. The zero-order chi connectivity index (χ0) is 18.1. The summed E-state index contributed by atoms with van der Waals surface area (Å²) in [6, 6.07) is 5.22. The molecule has 1 aliphatic carbocycles. The van der Waals surface area contributed by atoms with Crippen LogP contribution in [-0.2, 0) is 24.2 Å². The average molecular weight is 372 g/mol. The van der Waals surface area contributed by atoms with E-state index in [-0.39, 0.29) is 11.8 Å². The zero-order valence-corrected chi connectivity index (χ0v) is 15.0. The molecule has 0 aliphatic heterocycles. The molecular formula is C17H18ClN7O. The quantitative estimate of drug-likeness (QED) is 0.759. The number of halogens is 1. The highest BCUT2D eigenvalue weighted by molar-refractivity contribution is 6.32. The van der Waals surface area contributed by atoms with Crippen molar-refractivity contribution in [2.45, 2.75) is 32.7 Å². The molecule has 0 fully saturated rings. The monoisotopic (exact) mass is 371 g/mol. The predicted octanol–water partition coefficient (Wildman–Crippen LogP) is 2.28. The highest BCUT2D eigenvalue weighted by Gasteiger charge is 2.28. The van der Waals surface area contributed by atoms with Gasteiger partial charge in [-0.25, -0.2) is 14.3 Å². The summed E-state index contributed by atoms with van der Waals surface area (Å²) in [5.74, 6) is 0.806. The van der Waals surface area contributed by atoms with Gasteiger partial charge in [0.15, 0.2) is 11.6 Å². The minimum atomic E-state index is -0.131. The van der Waals surface area contributed by atoms with E-state index in [2.05, 4.69) is 25.7 Å². The van der Waals surface area contributed by atoms with E-state index in [4.69, 9.17) is 11.6 Å². The van der Waals surface area contributed by atoms with E-state index in [0.29, 0.717) is 23.1 Å². The Hall–Kier alpha value is -2.74. The van der Waals surface area contributed by atoms with E-state index >= 15 is 0 Å². The number of pyridine rings is 1. The van der Waals surface area contributed by atoms with Gasteiger partial charge in [-0.2, -0.15) is 0 Å². The van der Waals surface area contributed by atoms with Gasteiger partial charge in [-0.1, -0.05) is 16.8 Å². The second-order valence-corrected chi connectivity index (χ2v) is 6.59. The summed E-state index contributed by atoms with van der Waals surface area (Å²) in [4.78, 5) is 16.8. The third-order valence-electron chi connectivity index (χ3n) is 4.55. The van der Waals surface area contributed by atoms with E-state index in [0.717, 1.165) is 30.8 Å². The minimum absolute atomic E-state index is 0.0564. The summed E-state index contributed by atoms with van der Waals surface area (Å²) < 4.78 is 3.45. The lowest BCUT2D eigenvalue weighted by Crippen LogP contribution is -2.29. The highest BCUT2D eigenvalue weighted by atomic mass is 35.5. The van der Waals surface area contributed by atoms with Crippen LogP contribution in [0.4, 0.5) is 5.82 Å². The first-order valence-electron chi connectivity index (χ1n) is 8.54. The predicted molar refractivity (Wildman–Crippen MR) is 96.2 cm³/mol. The fourth-order valence-corrected chi connectivity index (χ4v) is 3.42. The Morgan fingerprint density at radius 3 is 3.12 bits per heavy atom. The molecule has 1 aliphatic rings. The average Bonchev–Trinajstić information content (AvgIpc) is 3.28. The summed E-state index contributed by atoms with van der Waals surface area (Å²) >= 11 is 6.13. The van der Waals surface area contributed by atoms with Crippen LogP contribution in [0, 0.1) is 5.92 Å². The van der Waals surface area contributed by atoms with Gasteiger partial charge >= 0.3 is 0 Å². The SMILES string of the molecule is CCn1nnc2c1CCC(C(=O)Nc1ccn(-c3ncccc3Cl)n1)C2. The number of aromatic nitrogens is 6. The number of hydrogen-bond donors (Lipinski definition) is 1. The van der Waals surface area contributed by atoms with E-state index in [1.807, 2.05) is 11.6 Å². The molecule has 0 radical (unpaired) electrons. The normalized spacial score (nSPS) is 16.3. The number of carbonyl (C=O) groups is 1. The van der Waals surface area contributed by atoms with Gasteiger partial charge in [-0.15, -0.1) is 10.2 Å². The molecule has 0 bridgehead atoms. The van der Waals surface area contributed by atoms with Crippen molar-refractivity contribution < 1.29 is 4.79 Å². The number of aryl methyl sites for hydroxylation is 1.